The van der Waals surface area contributed by atoms with E-state index in [-0.39, 0.29) is 42.3 Å². The average Bonchev–Trinajstić information content (AvgIpc) is 3.00. The second-order valence-corrected chi connectivity index (χ2v) is 9.23. The van der Waals surface area contributed by atoms with E-state index >= 15 is 0 Å². The van der Waals surface area contributed by atoms with Crippen LogP contribution >= 0.6 is 0 Å². The van der Waals surface area contributed by atoms with E-state index in [0.29, 0.717) is 18.8 Å². The van der Waals surface area contributed by atoms with Crippen LogP contribution in [0.25, 0.3) is 0 Å². The van der Waals surface area contributed by atoms with E-state index < -0.39 is 11.7 Å². The van der Waals surface area contributed by atoms with Crippen LogP contribution < -0.4 is 0 Å². The van der Waals surface area contributed by atoms with Crippen LogP contribution in [0.5, 0.6) is 0 Å². The summed E-state index contributed by atoms with van der Waals surface area (Å²) in [5.41, 5.74) is 0.504. The number of fused-ring (bicyclic) bond motifs is 2. The Labute approximate surface area is 145 Å². The lowest BCUT2D eigenvalue weighted by Gasteiger charge is -2.43. The minimum absolute atomic E-state index is 0.0605. The summed E-state index contributed by atoms with van der Waals surface area (Å²) in [6.45, 7) is 6.52. The summed E-state index contributed by atoms with van der Waals surface area (Å²) >= 11 is 0. The number of hydrogen-bond acceptors (Lipinski definition) is 4. The van der Waals surface area contributed by atoms with Gasteiger partial charge in [-0.05, 0) is 68.1 Å². The zero-order valence-corrected chi connectivity index (χ0v) is 15.3. The summed E-state index contributed by atoms with van der Waals surface area (Å²) < 4.78 is 0. The highest BCUT2D eigenvalue weighted by molar-refractivity contribution is 5.26. The van der Waals surface area contributed by atoms with Crippen molar-refractivity contribution in [3.8, 4) is 0 Å². The van der Waals surface area contributed by atoms with Gasteiger partial charge in [-0.25, -0.2) is 0 Å². The second-order valence-electron chi connectivity index (χ2n) is 9.23. The van der Waals surface area contributed by atoms with Crippen LogP contribution in [0.4, 0.5) is 0 Å². The van der Waals surface area contributed by atoms with Crippen LogP contribution in [0.15, 0.2) is 11.6 Å². The van der Waals surface area contributed by atoms with E-state index in [1.807, 2.05) is 6.92 Å². The molecule has 0 radical (unpaired) electrons. The zero-order valence-electron chi connectivity index (χ0n) is 15.3. The molecule has 24 heavy (non-hydrogen) atoms. The second kappa shape index (κ2) is 6.39. The predicted molar refractivity (Wildman–Crippen MR) is 93.2 cm³/mol. The van der Waals surface area contributed by atoms with E-state index in [9.17, 15) is 20.4 Å². The Kier molecular flexibility index (Phi) is 4.89. The van der Waals surface area contributed by atoms with Crippen molar-refractivity contribution in [1.29, 1.82) is 0 Å². The van der Waals surface area contributed by atoms with Gasteiger partial charge < -0.3 is 20.4 Å². The van der Waals surface area contributed by atoms with Crippen LogP contribution in [0.2, 0.25) is 0 Å². The van der Waals surface area contributed by atoms with E-state index in [1.165, 1.54) is 5.57 Å². The predicted octanol–water partition coefficient (Wildman–Crippen LogP) is 2.11. The summed E-state index contributed by atoms with van der Waals surface area (Å²) in [4.78, 5) is 0. The van der Waals surface area contributed by atoms with Gasteiger partial charge in [-0.3, -0.25) is 0 Å². The molecule has 4 N–H and O–H groups in total. The molecule has 8 atom stereocenters. The summed E-state index contributed by atoms with van der Waals surface area (Å²) in [5, 5.41) is 41.1. The molecule has 0 aromatic carbocycles. The van der Waals surface area contributed by atoms with Gasteiger partial charge in [0.15, 0.2) is 0 Å². The minimum atomic E-state index is -0.947. The highest BCUT2D eigenvalue weighted by Gasteiger charge is 2.55. The van der Waals surface area contributed by atoms with Crippen LogP contribution in [-0.2, 0) is 0 Å². The molecule has 0 spiro atoms. The number of allylic oxidation sites excluding steroid dienone is 1. The average molecular weight is 338 g/mol. The van der Waals surface area contributed by atoms with E-state index in [4.69, 9.17) is 0 Å². The normalized spacial score (nSPS) is 49.8. The molecule has 4 heteroatoms. The van der Waals surface area contributed by atoms with E-state index in [1.54, 1.807) is 0 Å². The standard InChI is InChI=1S/C20H34O4/c1-12(10-21)14-4-6-19(2)9-15-13(11-22)8-17(23)18(15)20(3,24)7-5-16(14)19/h5,12-15,17-18,21-24H,4,6-11H2,1-3H3/t12-,13+,14-,15+,17-,18+,19+,20+/m1/s1. The molecular formula is C20H34O4. The first-order chi connectivity index (χ1) is 11.2. The first-order valence-corrected chi connectivity index (χ1v) is 9.56. The molecule has 0 amide bonds. The Balaban J connectivity index is 1.99. The van der Waals surface area contributed by atoms with Gasteiger partial charge >= 0.3 is 0 Å². The van der Waals surface area contributed by atoms with Crippen molar-refractivity contribution >= 4 is 0 Å². The molecule has 3 aliphatic rings. The quantitative estimate of drug-likeness (QED) is 0.594. The third-order valence-corrected chi connectivity index (χ3v) is 7.48. The van der Waals surface area contributed by atoms with Gasteiger partial charge in [-0.15, -0.1) is 0 Å². The monoisotopic (exact) mass is 338 g/mol. The largest absolute Gasteiger partial charge is 0.396 e. The Morgan fingerprint density at radius 1 is 1.29 bits per heavy atom. The molecule has 0 aliphatic heterocycles. The maximum atomic E-state index is 11.1. The van der Waals surface area contributed by atoms with E-state index in [2.05, 4.69) is 19.9 Å². The maximum absolute atomic E-state index is 11.1. The molecule has 2 saturated carbocycles. The lowest BCUT2D eigenvalue weighted by atomic mass is 9.64. The van der Waals surface area contributed by atoms with Gasteiger partial charge in [0.25, 0.3) is 0 Å². The van der Waals surface area contributed by atoms with Crippen LogP contribution in [0, 0.1) is 35.0 Å². The topological polar surface area (TPSA) is 80.9 Å². The summed E-state index contributed by atoms with van der Waals surface area (Å²) in [6.07, 6.45) is 5.89. The number of hydrogen-bond donors (Lipinski definition) is 4. The fourth-order valence-corrected chi connectivity index (χ4v) is 6.12. The highest BCUT2D eigenvalue weighted by atomic mass is 16.3. The van der Waals surface area contributed by atoms with Crippen molar-refractivity contribution < 1.29 is 20.4 Å². The molecule has 0 bridgehead atoms. The maximum Gasteiger partial charge on any atom is 0.0709 e. The van der Waals surface area contributed by atoms with Gasteiger partial charge in [0.05, 0.1) is 11.7 Å². The fraction of sp³-hybridized carbons (Fsp3) is 0.900. The van der Waals surface area contributed by atoms with Gasteiger partial charge in [-0.2, -0.15) is 0 Å². The zero-order chi connectivity index (χ0) is 17.7. The molecule has 138 valence electrons. The van der Waals surface area contributed by atoms with Crippen molar-refractivity contribution in [3.63, 3.8) is 0 Å². The molecule has 3 rings (SSSR count). The number of aliphatic hydroxyl groups is 4. The molecule has 4 nitrogen and oxygen atoms in total. The fourth-order valence-electron chi connectivity index (χ4n) is 6.12. The highest BCUT2D eigenvalue weighted by Crippen LogP contribution is 2.58. The Hall–Kier alpha value is -0.420. The molecule has 0 aromatic heterocycles. The van der Waals surface area contributed by atoms with Crippen LogP contribution in [-0.4, -0.2) is 45.3 Å². The molecule has 2 fully saturated rings. The third kappa shape index (κ3) is 2.86. The smallest absolute Gasteiger partial charge is 0.0709 e. The molecule has 0 saturated heterocycles. The molecule has 0 aromatic rings. The Morgan fingerprint density at radius 2 is 2.00 bits per heavy atom. The Morgan fingerprint density at radius 3 is 2.62 bits per heavy atom. The van der Waals surface area contributed by atoms with Crippen molar-refractivity contribution in [2.75, 3.05) is 13.2 Å². The lowest BCUT2D eigenvalue weighted by molar-refractivity contribution is -0.0709. The molecule has 3 aliphatic carbocycles. The summed E-state index contributed by atoms with van der Waals surface area (Å²) in [7, 11) is 0. The first kappa shape index (κ1) is 18.4. The van der Waals surface area contributed by atoms with Gasteiger partial charge in [0.1, 0.15) is 0 Å². The van der Waals surface area contributed by atoms with Gasteiger partial charge in [0, 0.05) is 19.1 Å². The molecule has 0 unspecified atom stereocenters. The molecule has 0 heterocycles. The third-order valence-electron chi connectivity index (χ3n) is 7.48. The van der Waals surface area contributed by atoms with Gasteiger partial charge in [0.2, 0.25) is 0 Å². The molecular weight excluding hydrogens is 304 g/mol. The lowest BCUT2D eigenvalue weighted by Crippen LogP contribution is -2.45. The Bertz CT molecular complexity index is 500. The van der Waals surface area contributed by atoms with Crippen molar-refractivity contribution in [2.24, 2.45) is 35.0 Å². The first-order valence-electron chi connectivity index (χ1n) is 9.56. The van der Waals surface area contributed by atoms with Crippen LogP contribution in [0.3, 0.4) is 0 Å². The van der Waals surface area contributed by atoms with Crippen molar-refractivity contribution in [1.82, 2.24) is 0 Å². The SMILES string of the molecule is C[C@H](CO)[C@H]1CC[C@@]2(C)C[C@H]3[C@H](CO)C[C@@H](O)[C@H]3[C@@](C)(O)CC=C12. The van der Waals surface area contributed by atoms with Crippen LogP contribution in [0.1, 0.15) is 52.9 Å². The van der Waals surface area contributed by atoms with Crippen molar-refractivity contribution in [3.05, 3.63) is 11.6 Å². The summed E-state index contributed by atoms with van der Waals surface area (Å²) in [5.74, 6) is 0.671. The number of aliphatic hydroxyl groups excluding tert-OH is 3. The van der Waals surface area contributed by atoms with Crippen molar-refractivity contribution in [2.45, 2.75) is 64.6 Å². The van der Waals surface area contributed by atoms with E-state index in [0.717, 1.165) is 19.3 Å². The summed E-state index contributed by atoms with van der Waals surface area (Å²) in [6, 6.07) is 0. The van der Waals surface area contributed by atoms with Gasteiger partial charge in [-0.1, -0.05) is 25.5 Å². The number of rotatable bonds is 3. The minimum Gasteiger partial charge on any atom is -0.396 e.